The van der Waals surface area contributed by atoms with E-state index in [0.717, 1.165) is 6.42 Å². The first kappa shape index (κ1) is 22.2. The monoisotopic (exact) mass is 416 g/mol. The molecule has 29 heavy (non-hydrogen) atoms. The molecule has 0 radical (unpaired) electrons. The fourth-order valence-electron chi connectivity index (χ4n) is 2.49. The zero-order chi connectivity index (χ0) is 21.3. The maximum absolute atomic E-state index is 13.1. The summed E-state index contributed by atoms with van der Waals surface area (Å²) in [5, 5.41) is 2.59. The van der Waals surface area contributed by atoms with Gasteiger partial charge in [-0.05, 0) is 36.8 Å². The van der Waals surface area contributed by atoms with Crippen molar-refractivity contribution in [3.8, 4) is 0 Å². The van der Waals surface area contributed by atoms with E-state index in [-0.39, 0.29) is 17.0 Å². The Balaban J connectivity index is 2.23. The summed E-state index contributed by atoms with van der Waals surface area (Å²) < 4.78 is 32.5. The third kappa shape index (κ3) is 5.92. The molecule has 0 spiro atoms. The second kappa shape index (κ2) is 10.4. The number of ether oxygens (including phenoxy) is 1. The second-order valence-corrected chi connectivity index (χ2v) is 7.98. The van der Waals surface area contributed by atoms with Gasteiger partial charge in [-0.1, -0.05) is 37.3 Å². The Labute approximate surface area is 171 Å². The van der Waals surface area contributed by atoms with Crippen LogP contribution >= 0.6 is 0 Å². The number of benzene rings is 2. The largest absolute Gasteiger partial charge is 0.452 e. The highest BCUT2D eigenvalue weighted by atomic mass is 32.2. The van der Waals surface area contributed by atoms with Gasteiger partial charge in [0.05, 0.1) is 22.7 Å². The minimum atomic E-state index is -3.94. The van der Waals surface area contributed by atoms with Crippen molar-refractivity contribution in [3.63, 3.8) is 0 Å². The molecule has 0 bridgehead atoms. The van der Waals surface area contributed by atoms with Crippen molar-refractivity contribution in [2.45, 2.75) is 18.2 Å². The number of carbonyl (C=O) groups is 2. The number of para-hydroxylation sites is 1. The maximum Gasteiger partial charge on any atom is 0.338 e. The van der Waals surface area contributed by atoms with Crippen LogP contribution in [0.25, 0.3) is 0 Å². The molecule has 0 aliphatic carbocycles. The molecular weight excluding hydrogens is 392 g/mol. The van der Waals surface area contributed by atoms with Crippen molar-refractivity contribution in [2.75, 3.05) is 24.0 Å². The lowest BCUT2D eigenvalue weighted by Crippen LogP contribution is -2.31. The first-order valence-electron chi connectivity index (χ1n) is 9.12. The molecule has 1 amide bonds. The van der Waals surface area contributed by atoms with E-state index in [1.807, 2.05) is 6.92 Å². The Morgan fingerprint density at radius 1 is 1.14 bits per heavy atom. The number of rotatable bonds is 10. The van der Waals surface area contributed by atoms with E-state index in [1.165, 1.54) is 34.6 Å². The molecule has 0 fully saturated rings. The van der Waals surface area contributed by atoms with E-state index < -0.39 is 28.5 Å². The van der Waals surface area contributed by atoms with Gasteiger partial charge in [0.25, 0.3) is 15.9 Å². The molecule has 0 aliphatic heterocycles. The highest BCUT2D eigenvalue weighted by Crippen LogP contribution is 2.24. The van der Waals surface area contributed by atoms with Crippen LogP contribution in [-0.4, -0.2) is 40.0 Å². The van der Waals surface area contributed by atoms with Crippen LogP contribution in [0.1, 0.15) is 23.7 Å². The number of hydrogen-bond acceptors (Lipinski definition) is 5. The third-order valence-electron chi connectivity index (χ3n) is 3.90. The summed E-state index contributed by atoms with van der Waals surface area (Å²) in [4.78, 5) is 23.8. The zero-order valence-corrected chi connectivity index (χ0v) is 17.0. The van der Waals surface area contributed by atoms with E-state index in [4.69, 9.17) is 4.74 Å². The zero-order valence-electron chi connectivity index (χ0n) is 16.2. The minimum absolute atomic E-state index is 0.0426. The molecular formula is C21H24N2O5S. The Hall–Kier alpha value is -3.13. The lowest BCUT2D eigenvalue weighted by Gasteiger charge is -2.23. The van der Waals surface area contributed by atoms with Gasteiger partial charge in [0.15, 0.2) is 6.61 Å². The number of esters is 1. The summed E-state index contributed by atoms with van der Waals surface area (Å²) in [6, 6.07) is 14.1. The fraction of sp³-hybridized carbons (Fsp3) is 0.238. The number of nitrogens with one attached hydrogen (secondary N) is 1. The molecule has 0 atom stereocenters. The van der Waals surface area contributed by atoms with Crippen LogP contribution in [0.15, 0.2) is 72.1 Å². The average Bonchev–Trinajstić information content (AvgIpc) is 2.74. The van der Waals surface area contributed by atoms with Gasteiger partial charge in [-0.2, -0.15) is 0 Å². The van der Waals surface area contributed by atoms with Crippen LogP contribution in [-0.2, 0) is 19.6 Å². The molecule has 1 N–H and O–H groups in total. The standard InChI is InChI=1S/C21H24N2O5S/c1-3-13-22-20(24)16-28-21(25)17-9-8-12-19(15-17)29(26,27)23(14-4-2)18-10-6-5-7-11-18/h4-12,15H,2-3,13-14,16H2,1H3,(H,22,24). The molecule has 154 valence electrons. The van der Waals surface area contributed by atoms with Crippen molar-refractivity contribution in [2.24, 2.45) is 0 Å². The van der Waals surface area contributed by atoms with Crippen LogP contribution in [0, 0.1) is 0 Å². The smallest absolute Gasteiger partial charge is 0.338 e. The predicted molar refractivity (Wildman–Crippen MR) is 111 cm³/mol. The number of hydrogen-bond donors (Lipinski definition) is 1. The van der Waals surface area contributed by atoms with E-state index in [0.29, 0.717) is 12.2 Å². The first-order valence-corrected chi connectivity index (χ1v) is 10.6. The summed E-state index contributed by atoms with van der Waals surface area (Å²) in [6.45, 7) is 5.66. The van der Waals surface area contributed by atoms with Gasteiger partial charge in [0.1, 0.15) is 0 Å². The molecule has 0 aliphatic rings. The molecule has 0 aromatic heterocycles. The van der Waals surface area contributed by atoms with Gasteiger partial charge < -0.3 is 10.1 Å². The van der Waals surface area contributed by atoms with Crippen LogP contribution < -0.4 is 9.62 Å². The molecule has 2 aromatic carbocycles. The number of sulfonamides is 1. The molecule has 2 rings (SSSR count). The SMILES string of the molecule is C=CCN(c1ccccc1)S(=O)(=O)c1cccc(C(=O)OCC(=O)NCCC)c1. The Morgan fingerprint density at radius 2 is 1.86 bits per heavy atom. The maximum atomic E-state index is 13.1. The summed E-state index contributed by atoms with van der Waals surface area (Å²) in [5.74, 6) is -1.19. The van der Waals surface area contributed by atoms with E-state index >= 15 is 0 Å². The lowest BCUT2D eigenvalue weighted by molar-refractivity contribution is -0.124. The quantitative estimate of drug-likeness (QED) is 0.475. The summed E-state index contributed by atoms with van der Waals surface area (Å²) in [7, 11) is -3.94. The van der Waals surface area contributed by atoms with Gasteiger partial charge in [-0.3, -0.25) is 9.10 Å². The van der Waals surface area contributed by atoms with Crippen LogP contribution in [0.3, 0.4) is 0 Å². The number of amides is 1. The highest BCUT2D eigenvalue weighted by molar-refractivity contribution is 7.92. The van der Waals surface area contributed by atoms with Crippen LogP contribution in [0.4, 0.5) is 5.69 Å². The van der Waals surface area contributed by atoms with Crippen LogP contribution in [0.2, 0.25) is 0 Å². The summed E-state index contributed by atoms with van der Waals surface area (Å²) >= 11 is 0. The van der Waals surface area contributed by atoms with E-state index in [2.05, 4.69) is 11.9 Å². The van der Waals surface area contributed by atoms with Crippen molar-refractivity contribution < 1.29 is 22.7 Å². The fourth-order valence-corrected chi connectivity index (χ4v) is 3.98. The summed E-state index contributed by atoms with van der Waals surface area (Å²) in [5.41, 5.74) is 0.522. The van der Waals surface area contributed by atoms with E-state index in [9.17, 15) is 18.0 Å². The Kier molecular flexibility index (Phi) is 7.97. The van der Waals surface area contributed by atoms with Crippen molar-refractivity contribution in [1.82, 2.24) is 5.32 Å². The molecule has 0 saturated carbocycles. The predicted octanol–water partition coefficient (Wildman–Crippen LogP) is 2.75. The molecule has 2 aromatic rings. The third-order valence-corrected chi connectivity index (χ3v) is 5.69. The molecule has 0 unspecified atom stereocenters. The van der Waals surface area contributed by atoms with Crippen molar-refractivity contribution in [1.29, 1.82) is 0 Å². The second-order valence-electron chi connectivity index (χ2n) is 6.11. The average molecular weight is 416 g/mol. The topological polar surface area (TPSA) is 92.8 Å². The molecule has 0 saturated heterocycles. The van der Waals surface area contributed by atoms with E-state index in [1.54, 1.807) is 30.3 Å². The Bertz CT molecular complexity index is 958. The van der Waals surface area contributed by atoms with Gasteiger partial charge in [0, 0.05) is 6.54 Å². The van der Waals surface area contributed by atoms with Crippen molar-refractivity contribution >= 4 is 27.6 Å². The van der Waals surface area contributed by atoms with Gasteiger partial charge in [-0.25, -0.2) is 13.2 Å². The van der Waals surface area contributed by atoms with Crippen molar-refractivity contribution in [3.05, 3.63) is 72.8 Å². The number of carbonyl (C=O) groups excluding carboxylic acids is 2. The normalized spacial score (nSPS) is 10.8. The molecule has 7 nitrogen and oxygen atoms in total. The lowest BCUT2D eigenvalue weighted by atomic mass is 10.2. The Morgan fingerprint density at radius 3 is 2.52 bits per heavy atom. The first-order chi connectivity index (χ1) is 13.9. The van der Waals surface area contributed by atoms with Crippen LogP contribution in [0.5, 0.6) is 0 Å². The van der Waals surface area contributed by atoms with Gasteiger partial charge in [-0.15, -0.1) is 6.58 Å². The molecule has 8 heteroatoms. The number of nitrogens with zero attached hydrogens (tertiary/aromatic N) is 1. The summed E-state index contributed by atoms with van der Waals surface area (Å²) in [6.07, 6.45) is 2.25. The number of anilines is 1. The molecule has 0 heterocycles. The highest BCUT2D eigenvalue weighted by Gasteiger charge is 2.25. The minimum Gasteiger partial charge on any atom is -0.452 e. The van der Waals surface area contributed by atoms with Gasteiger partial charge in [0.2, 0.25) is 0 Å². The van der Waals surface area contributed by atoms with Gasteiger partial charge >= 0.3 is 5.97 Å².